The van der Waals surface area contributed by atoms with Gasteiger partial charge in [0.1, 0.15) is 11.6 Å². The van der Waals surface area contributed by atoms with Gasteiger partial charge in [0.05, 0.1) is 17.2 Å². The number of hydrogen-bond donors (Lipinski definition) is 2. The molecule has 110 valence electrons. The molecule has 0 aliphatic carbocycles. The Bertz CT molecular complexity index is 535. The Hall–Kier alpha value is -1.69. The maximum absolute atomic E-state index is 13.6. The van der Waals surface area contributed by atoms with Crippen molar-refractivity contribution in [1.82, 2.24) is 0 Å². The van der Waals surface area contributed by atoms with Crippen LogP contribution in [-0.2, 0) is 14.9 Å². The lowest BCUT2D eigenvalue weighted by Gasteiger charge is -2.38. The van der Waals surface area contributed by atoms with Crippen LogP contribution in [0.1, 0.15) is 31.7 Å². The molecule has 6 heteroatoms. The first-order chi connectivity index (χ1) is 9.40. The predicted molar refractivity (Wildman–Crippen MR) is 69.3 cm³/mol. The van der Waals surface area contributed by atoms with E-state index < -0.39 is 23.0 Å². The summed E-state index contributed by atoms with van der Waals surface area (Å²) in [6, 6.07) is 1.68. The van der Waals surface area contributed by atoms with E-state index in [1.807, 2.05) is 6.92 Å². The van der Waals surface area contributed by atoms with E-state index in [-0.39, 0.29) is 36.8 Å². The fourth-order valence-corrected chi connectivity index (χ4v) is 2.75. The number of aliphatic carboxylic acids is 1. The topological polar surface area (TPSA) is 72.5 Å². The lowest BCUT2D eigenvalue weighted by Crippen LogP contribution is -2.45. The molecule has 0 bridgehead atoms. The summed E-state index contributed by atoms with van der Waals surface area (Å²) in [6.07, 6.45) is 0.676. The normalized spacial score (nSPS) is 26.4. The summed E-state index contributed by atoms with van der Waals surface area (Å²) in [5, 5.41) is 9.61. The van der Waals surface area contributed by atoms with Crippen LogP contribution in [0.5, 0.6) is 0 Å². The second-order valence-corrected chi connectivity index (χ2v) is 5.09. The maximum Gasteiger partial charge on any atom is 0.314 e. The zero-order chi connectivity index (χ0) is 14.9. The smallest absolute Gasteiger partial charge is 0.314 e. The van der Waals surface area contributed by atoms with Crippen molar-refractivity contribution in [1.29, 1.82) is 0 Å². The van der Waals surface area contributed by atoms with Crippen LogP contribution < -0.4 is 5.73 Å². The number of ether oxygens (including phenoxy) is 1. The number of rotatable bonds is 3. The standard InChI is InChI=1S/C14H17F2NO3/c1-2-9-7-14(13(18)19,3-4-20-9)10-5-8(15)6-11(16)12(10)17/h5-6,9H,2-4,7,17H2,1H3,(H,18,19). The minimum Gasteiger partial charge on any atom is -0.481 e. The molecular formula is C14H17F2NO3. The van der Waals surface area contributed by atoms with Crippen LogP contribution >= 0.6 is 0 Å². The largest absolute Gasteiger partial charge is 0.481 e. The number of benzene rings is 1. The van der Waals surface area contributed by atoms with Crippen LogP contribution in [0.4, 0.5) is 14.5 Å². The molecule has 4 nitrogen and oxygen atoms in total. The van der Waals surface area contributed by atoms with Crippen molar-refractivity contribution in [3.63, 3.8) is 0 Å². The van der Waals surface area contributed by atoms with E-state index in [4.69, 9.17) is 10.5 Å². The molecular weight excluding hydrogens is 268 g/mol. The fourth-order valence-electron chi connectivity index (χ4n) is 2.75. The highest BCUT2D eigenvalue weighted by atomic mass is 19.1. The summed E-state index contributed by atoms with van der Waals surface area (Å²) in [6.45, 7) is 2.10. The van der Waals surface area contributed by atoms with Gasteiger partial charge in [-0.05, 0) is 30.9 Å². The van der Waals surface area contributed by atoms with E-state index in [1.54, 1.807) is 0 Å². The Labute approximate surface area is 115 Å². The zero-order valence-electron chi connectivity index (χ0n) is 11.2. The third-order valence-electron chi connectivity index (χ3n) is 3.93. The quantitative estimate of drug-likeness (QED) is 0.837. The molecule has 2 atom stereocenters. The van der Waals surface area contributed by atoms with Gasteiger partial charge in [-0.15, -0.1) is 0 Å². The molecule has 0 aromatic heterocycles. The van der Waals surface area contributed by atoms with Crippen molar-refractivity contribution in [3.8, 4) is 0 Å². The molecule has 0 radical (unpaired) electrons. The SMILES string of the molecule is CCC1CC(C(=O)O)(c2cc(F)cc(F)c2N)CCO1. The molecule has 2 unspecified atom stereocenters. The number of carbonyl (C=O) groups is 1. The lowest BCUT2D eigenvalue weighted by atomic mass is 9.71. The van der Waals surface area contributed by atoms with Crippen molar-refractivity contribution < 1.29 is 23.4 Å². The van der Waals surface area contributed by atoms with E-state index in [1.165, 1.54) is 0 Å². The van der Waals surface area contributed by atoms with Crippen molar-refractivity contribution in [2.75, 3.05) is 12.3 Å². The monoisotopic (exact) mass is 285 g/mol. The number of hydrogen-bond acceptors (Lipinski definition) is 3. The van der Waals surface area contributed by atoms with Gasteiger partial charge in [0.2, 0.25) is 0 Å². The van der Waals surface area contributed by atoms with Crippen LogP contribution in [0, 0.1) is 11.6 Å². The first kappa shape index (κ1) is 14.7. The third kappa shape index (κ3) is 2.35. The predicted octanol–water partition coefficient (Wildman–Crippen LogP) is 2.46. The molecule has 3 N–H and O–H groups in total. The van der Waals surface area contributed by atoms with Crippen LogP contribution in [0.15, 0.2) is 12.1 Å². The molecule has 1 saturated heterocycles. The first-order valence-electron chi connectivity index (χ1n) is 6.50. The molecule has 1 fully saturated rings. The van der Waals surface area contributed by atoms with Gasteiger partial charge in [-0.3, -0.25) is 4.79 Å². The summed E-state index contributed by atoms with van der Waals surface area (Å²) < 4.78 is 32.5. The van der Waals surface area contributed by atoms with Gasteiger partial charge < -0.3 is 15.6 Å². The molecule has 0 spiro atoms. The number of halogens is 2. The summed E-state index contributed by atoms with van der Waals surface area (Å²) >= 11 is 0. The van der Waals surface area contributed by atoms with Gasteiger partial charge in [0, 0.05) is 12.7 Å². The van der Waals surface area contributed by atoms with E-state index in [2.05, 4.69) is 0 Å². The van der Waals surface area contributed by atoms with Crippen LogP contribution in [0.25, 0.3) is 0 Å². The average molecular weight is 285 g/mol. The Balaban J connectivity index is 2.56. The first-order valence-corrected chi connectivity index (χ1v) is 6.50. The summed E-state index contributed by atoms with van der Waals surface area (Å²) in [5.41, 5.74) is 3.95. The molecule has 1 heterocycles. The van der Waals surface area contributed by atoms with E-state index in [0.29, 0.717) is 12.5 Å². The Morgan fingerprint density at radius 2 is 2.25 bits per heavy atom. The molecule has 1 aromatic rings. The van der Waals surface area contributed by atoms with Gasteiger partial charge >= 0.3 is 5.97 Å². The zero-order valence-corrected chi connectivity index (χ0v) is 11.2. The molecule has 2 rings (SSSR count). The third-order valence-corrected chi connectivity index (χ3v) is 3.93. The molecule has 0 amide bonds. The maximum atomic E-state index is 13.6. The van der Waals surface area contributed by atoms with E-state index >= 15 is 0 Å². The highest BCUT2D eigenvalue weighted by Gasteiger charge is 2.46. The van der Waals surface area contributed by atoms with Gasteiger partial charge in [0.25, 0.3) is 0 Å². The number of anilines is 1. The molecule has 1 aromatic carbocycles. The van der Waals surface area contributed by atoms with E-state index in [0.717, 1.165) is 6.07 Å². The summed E-state index contributed by atoms with van der Waals surface area (Å²) in [7, 11) is 0. The highest BCUT2D eigenvalue weighted by molar-refractivity contribution is 5.84. The van der Waals surface area contributed by atoms with Crippen LogP contribution in [0.2, 0.25) is 0 Å². The highest BCUT2D eigenvalue weighted by Crippen LogP contribution is 2.41. The second kappa shape index (κ2) is 5.36. The minimum atomic E-state index is -1.40. The van der Waals surface area contributed by atoms with E-state index in [9.17, 15) is 18.7 Å². The Morgan fingerprint density at radius 1 is 1.55 bits per heavy atom. The molecule has 1 aliphatic rings. The van der Waals surface area contributed by atoms with Crippen LogP contribution in [-0.4, -0.2) is 23.8 Å². The summed E-state index contributed by atoms with van der Waals surface area (Å²) in [4.78, 5) is 11.8. The second-order valence-electron chi connectivity index (χ2n) is 5.09. The number of nitrogen functional groups attached to an aromatic ring is 1. The van der Waals surface area contributed by atoms with Gasteiger partial charge in [-0.1, -0.05) is 6.92 Å². The van der Waals surface area contributed by atoms with Gasteiger partial charge in [-0.25, -0.2) is 8.78 Å². The molecule has 0 saturated carbocycles. The molecule has 20 heavy (non-hydrogen) atoms. The fraction of sp³-hybridized carbons (Fsp3) is 0.500. The van der Waals surface area contributed by atoms with Crippen molar-refractivity contribution in [3.05, 3.63) is 29.3 Å². The number of carboxylic acid groups (broad SMARTS) is 1. The Morgan fingerprint density at radius 3 is 2.85 bits per heavy atom. The number of carboxylic acids is 1. The molecule has 1 aliphatic heterocycles. The lowest BCUT2D eigenvalue weighted by molar-refractivity contribution is -0.150. The average Bonchev–Trinajstić information content (AvgIpc) is 2.42. The summed E-state index contributed by atoms with van der Waals surface area (Å²) in [5.74, 6) is -2.89. The van der Waals surface area contributed by atoms with Crippen molar-refractivity contribution >= 4 is 11.7 Å². The van der Waals surface area contributed by atoms with Crippen molar-refractivity contribution in [2.45, 2.75) is 37.7 Å². The van der Waals surface area contributed by atoms with Gasteiger partial charge in [-0.2, -0.15) is 0 Å². The van der Waals surface area contributed by atoms with Crippen molar-refractivity contribution in [2.24, 2.45) is 0 Å². The minimum absolute atomic E-state index is 0.00394. The van der Waals surface area contributed by atoms with Gasteiger partial charge in [0.15, 0.2) is 0 Å². The van der Waals surface area contributed by atoms with Crippen LogP contribution in [0.3, 0.4) is 0 Å². The Kier molecular flexibility index (Phi) is 3.94. The number of nitrogens with two attached hydrogens (primary N) is 1.